The summed E-state index contributed by atoms with van der Waals surface area (Å²) in [6.07, 6.45) is 1.50. The molecule has 0 atom stereocenters. The molecule has 5 nitrogen and oxygen atoms in total. The summed E-state index contributed by atoms with van der Waals surface area (Å²) in [5.41, 5.74) is 1.94. The molecule has 19 heavy (non-hydrogen) atoms. The van der Waals surface area contributed by atoms with E-state index < -0.39 is 5.97 Å². The summed E-state index contributed by atoms with van der Waals surface area (Å²) in [7, 11) is 0. The number of hydrogen-bond acceptors (Lipinski definition) is 5. The highest BCUT2D eigenvalue weighted by Crippen LogP contribution is 2.27. The second-order valence-corrected chi connectivity index (χ2v) is 4.78. The third-order valence-electron chi connectivity index (χ3n) is 2.64. The maximum absolute atomic E-state index is 10.8. The summed E-state index contributed by atoms with van der Waals surface area (Å²) in [4.78, 5) is 19.1. The number of fused-ring (bicyclic) bond motifs is 1. The molecule has 0 aliphatic carbocycles. The Morgan fingerprint density at radius 1 is 1.16 bits per heavy atom. The van der Waals surface area contributed by atoms with E-state index in [1.807, 2.05) is 11.4 Å². The summed E-state index contributed by atoms with van der Waals surface area (Å²) in [6.45, 7) is 0. The maximum atomic E-state index is 10.8. The number of benzene rings is 1. The van der Waals surface area contributed by atoms with Crippen molar-refractivity contribution in [1.82, 2.24) is 9.97 Å². The molecular formula is C13H9N3O2S. The molecule has 2 N–H and O–H groups in total. The zero-order valence-corrected chi connectivity index (χ0v) is 10.5. The second-order valence-electron chi connectivity index (χ2n) is 3.86. The Balaban J connectivity index is 1.92. The van der Waals surface area contributed by atoms with E-state index in [-0.39, 0.29) is 5.56 Å². The molecule has 0 bridgehead atoms. The van der Waals surface area contributed by atoms with Gasteiger partial charge in [-0.25, -0.2) is 14.8 Å². The molecule has 2 aromatic heterocycles. The standard InChI is InChI=1S/C13H9N3O2S/c17-13(18)8-1-3-9(4-2-8)16-12-11-10(5-6-19-11)14-7-15-12/h1-7H,(H,17,18)(H,14,15,16). The van der Waals surface area contributed by atoms with Crippen LogP contribution in [0, 0.1) is 0 Å². The molecule has 0 saturated carbocycles. The monoisotopic (exact) mass is 271 g/mol. The Morgan fingerprint density at radius 3 is 2.68 bits per heavy atom. The van der Waals surface area contributed by atoms with Crippen molar-refractivity contribution in [2.75, 3.05) is 5.32 Å². The van der Waals surface area contributed by atoms with Gasteiger partial charge in [-0.1, -0.05) is 0 Å². The first-order valence-corrected chi connectivity index (χ1v) is 6.40. The molecule has 1 aromatic carbocycles. The summed E-state index contributed by atoms with van der Waals surface area (Å²) in [6, 6.07) is 8.46. The van der Waals surface area contributed by atoms with Crippen LogP contribution in [0.15, 0.2) is 42.0 Å². The number of thiophene rings is 1. The van der Waals surface area contributed by atoms with Crippen LogP contribution >= 0.6 is 11.3 Å². The lowest BCUT2D eigenvalue weighted by molar-refractivity contribution is 0.0697. The first-order chi connectivity index (χ1) is 9.24. The Hall–Kier alpha value is -2.47. The molecule has 0 radical (unpaired) electrons. The van der Waals surface area contributed by atoms with E-state index >= 15 is 0 Å². The Kier molecular flexibility index (Phi) is 2.85. The third kappa shape index (κ3) is 2.25. The molecule has 0 unspecified atom stereocenters. The lowest BCUT2D eigenvalue weighted by Crippen LogP contribution is -1.97. The number of carboxylic acids is 1. The van der Waals surface area contributed by atoms with Gasteiger partial charge in [0.1, 0.15) is 6.33 Å². The fourth-order valence-electron chi connectivity index (χ4n) is 1.71. The van der Waals surface area contributed by atoms with Crippen LogP contribution < -0.4 is 5.32 Å². The van der Waals surface area contributed by atoms with E-state index in [0.29, 0.717) is 0 Å². The van der Waals surface area contributed by atoms with Crippen LogP contribution in [-0.2, 0) is 0 Å². The molecule has 0 saturated heterocycles. The predicted molar refractivity (Wildman–Crippen MR) is 74.1 cm³/mol. The normalized spacial score (nSPS) is 10.5. The zero-order valence-electron chi connectivity index (χ0n) is 9.70. The van der Waals surface area contributed by atoms with Crippen LogP contribution in [0.4, 0.5) is 11.5 Å². The minimum atomic E-state index is -0.936. The number of aromatic nitrogens is 2. The van der Waals surface area contributed by atoms with Crippen molar-refractivity contribution in [3.05, 3.63) is 47.6 Å². The summed E-state index contributed by atoms with van der Waals surface area (Å²) >= 11 is 1.56. The number of nitrogens with one attached hydrogen (secondary N) is 1. The van der Waals surface area contributed by atoms with Gasteiger partial charge in [-0.15, -0.1) is 11.3 Å². The van der Waals surface area contributed by atoms with Crippen molar-refractivity contribution in [3.63, 3.8) is 0 Å². The van der Waals surface area contributed by atoms with E-state index in [1.165, 1.54) is 6.33 Å². The van der Waals surface area contributed by atoms with Crippen LogP contribution in [0.2, 0.25) is 0 Å². The number of carbonyl (C=O) groups is 1. The Bertz CT molecular complexity index is 737. The minimum absolute atomic E-state index is 0.259. The number of carboxylic acid groups (broad SMARTS) is 1. The van der Waals surface area contributed by atoms with Gasteiger partial charge in [0.2, 0.25) is 0 Å². The van der Waals surface area contributed by atoms with Gasteiger partial charge in [0, 0.05) is 5.69 Å². The van der Waals surface area contributed by atoms with Gasteiger partial charge in [0.25, 0.3) is 0 Å². The molecule has 6 heteroatoms. The molecule has 3 aromatic rings. The number of rotatable bonds is 3. The van der Waals surface area contributed by atoms with Crippen molar-refractivity contribution < 1.29 is 9.90 Å². The molecule has 3 rings (SSSR count). The van der Waals surface area contributed by atoms with Gasteiger partial charge in [-0.2, -0.15) is 0 Å². The summed E-state index contributed by atoms with van der Waals surface area (Å²) in [5.74, 6) is -0.211. The number of nitrogens with zero attached hydrogens (tertiary/aromatic N) is 2. The predicted octanol–water partition coefficient (Wildman–Crippen LogP) is 3.13. The molecule has 0 aliphatic rings. The highest BCUT2D eigenvalue weighted by atomic mass is 32.1. The van der Waals surface area contributed by atoms with Crippen LogP contribution in [0.3, 0.4) is 0 Å². The fourth-order valence-corrected chi connectivity index (χ4v) is 2.50. The number of aromatic carboxylic acids is 1. The first-order valence-electron chi connectivity index (χ1n) is 5.52. The van der Waals surface area contributed by atoms with E-state index in [1.54, 1.807) is 35.6 Å². The smallest absolute Gasteiger partial charge is 0.335 e. The van der Waals surface area contributed by atoms with Crippen molar-refractivity contribution in [2.45, 2.75) is 0 Å². The van der Waals surface area contributed by atoms with Gasteiger partial charge >= 0.3 is 5.97 Å². The van der Waals surface area contributed by atoms with Gasteiger partial charge in [-0.05, 0) is 35.7 Å². The first kappa shape index (κ1) is 11.6. The minimum Gasteiger partial charge on any atom is -0.478 e. The topological polar surface area (TPSA) is 75.1 Å². The Morgan fingerprint density at radius 2 is 1.95 bits per heavy atom. The molecule has 0 amide bonds. The fraction of sp³-hybridized carbons (Fsp3) is 0. The molecule has 0 aliphatic heterocycles. The van der Waals surface area contributed by atoms with Crippen molar-refractivity contribution in [1.29, 1.82) is 0 Å². The molecule has 0 fully saturated rings. The SMILES string of the molecule is O=C(O)c1ccc(Nc2ncnc3ccsc23)cc1. The molecule has 0 spiro atoms. The second kappa shape index (κ2) is 4.66. The lowest BCUT2D eigenvalue weighted by Gasteiger charge is -2.06. The maximum Gasteiger partial charge on any atom is 0.335 e. The third-order valence-corrected chi connectivity index (χ3v) is 3.55. The van der Waals surface area contributed by atoms with Crippen LogP contribution in [-0.4, -0.2) is 21.0 Å². The van der Waals surface area contributed by atoms with Gasteiger partial charge in [0.15, 0.2) is 5.82 Å². The Labute approximate surface area is 112 Å². The van der Waals surface area contributed by atoms with Gasteiger partial charge in [0.05, 0.1) is 15.8 Å². The van der Waals surface area contributed by atoms with Gasteiger partial charge < -0.3 is 10.4 Å². The average molecular weight is 271 g/mol. The van der Waals surface area contributed by atoms with Crippen molar-refractivity contribution in [2.24, 2.45) is 0 Å². The number of hydrogen-bond donors (Lipinski definition) is 2. The largest absolute Gasteiger partial charge is 0.478 e. The quantitative estimate of drug-likeness (QED) is 0.765. The van der Waals surface area contributed by atoms with Crippen LogP contribution in [0.25, 0.3) is 10.2 Å². The highest BCUT2D eigenvalue weighted by Gasteiger charge is 2.06. The van der Waals surface area contributed by atoms with E-state index in [4.69, 9.17) is 5.11 Å². The molecule has 94 valence electrons. The summed E-state index contributed by atoms with van der Waals surface area (Å²) < 4.78 is 0.977. The summed E-state index contributed by atoms with van der Waals surface area (Å²) in [5, 5.41) is 14.0. The van der Waals surface area contributed by atoms with Crippen LogP contribution in [0.5, 0.6) is 0 Å². The van der Waals surface area contributed by atoms with Gasteiger partial charge in [-0.3, -0.25) is 0 Å². The van der Waals surface area contributed by atoms with Crippen LogP contribution in [0.1, 0.15) is 10.4 Å². The van der Waals surface area contributed by atoms with E-state index in [9.17, 15) is 4.79 Å². The van der Waals surface area contributed by atoms with E-state index in [0.717, 1.165) is 21.7 Å². The van der Waals surface area contributed by atoms with Crippen molar-refractivity contribution >= 4 is 39.0 Å². The van der Waals surface area contributed by atoms with Crippen molar-refractivity contribution in [3.8, 4) is 0 Å². The number of anilines is 2. The van der Waals surface area contributed by atoms with E-state index in [2.05, 4.69) is 15.3 Å². The molecular weight excluding hydrogens is 262 g/mol. The zero-order chi connectivity index (χ0) is 13.2. The lowest BCUT2D eigenvalue weighted by atomic mass is 10.2. The molecule has 2 heterocycles. The average Bonchev–Trinajstić information content (AvgIpc) is 2.89. The highest BCUT2D eigenvalue weighted by molar-refractivity contribution is 7.17.